The van der Waals surface area contributed by atoms with E-state index in [9.17, 15) is 47.9 Å². The second-order valence-corrected chi connectivity index (χ2v) is 15.0. The van der Waals surface area contributed by atoms with Crippen LogP contribution in [0.5, 0.6) is 11.5 Å². The Bertz CT molecular complexity index is 1840. The fraction of sp³-hybridized carbons (Fsp3) is 0.389. The Morgan fingerprint density at radius 3 is 1.49 bits per heavy atom. The molecule has 17 nitrogen and oxygen atoms in total. The number of hydrogen-bond acceptors (Lipinski definition) is 17. The van der Waals surface area contributed by atoms with Crippen LogP contribution in [0, 0.1) is 0 Å². The van der Waals surface area contributed by atoms with Gasteiger partial charge in [-0.05, 0) is 31.2 Å². The number of carbonyl (C=O) groups excluding carboxylic acids is 10. The van der Waals surface area contributed by atoms with Gasteiger partial charge in [0, 0.05) is 50.7 Å². The van der Waals surface area contributed by atoms with Gasteiger partial charge >= 0.3 is 17.9 Å². The summed E-state index contributed by atoms with van der Waals surface area (Å²) in [6.07, 6.45) is 0. The Labute approximate surface area is 346 Å². The van der Waals surface area contributed by atoms with Crippen LogP contribution >= 0.6 is 47.9 Å². The van der Waals surface area contributed by atoms with E-state index < -0.39 is 81.0 Å². The van der Waals surface area contributed by atoms with Gasteiger partial charge in [-0.2, -0.15) is 12.6 Å². The zero-order valence-electron chi connectivity index (χ0n) is 31.4. The van der Waals surface area contributed by atoms with Gasteiger partial charge in [0.25, 0.3) is 0 Å². The Kier molecular flexibility index (Phi) is 20.9. The van der Waals surface area contributed by atoms with Gasteiger partial charge in [-0.15, -0.1) is 0 Å². The Balaban J connectivity index is 2.20. The molecule has 0 aliphatic rings. The van der Waals surface area contributed by atoms with E-state index in [4.69, 9.17) is 14.2 Å². The predicted octanol–water partition coefficient (Wildman–Crippen LogP) is 1.72. The summed E-state index contributed by atoms with van der Waals surface area (Å²) in [6.45, 7) is 6.38. The van der Waals surface area contributed by atoms with Crippen molar-refractivity contribution in [1.82, 2.24) is 21.3 Å². The second-order valence-electron chi connectivity index (χ2n) is 11.6. The minimum atomic E-state index is -1.35. The van der Waals surface area contributed by atoms with Crippen molar-refractivity contribution in [2.45, 2.75) is 58.8 Å². The second kappa shape index (κ2) is 24.7. The lowest BCUT2D eigenvalue weighted by atomic mass is 10.2. The third kappa shape index (κ3) is 17.0. The number of hydrogen-bond donors (Lipinski definition) is 5. The maximum atomic E-state index is 13.5. The Morgan fingerprint density at radius 2 is 0.982 bits per heavy atom. The third-order valence-corrected chi connectivity index (χ3v) is 10.4. The minimum Gasteiger partial charge on any atom is -0.464 e. The maximum Gasteiger partial charge on any atom is 0.347 e. The van der Waals surface area contributed by atoms with Crippen molar-refractivity contribution < 1.29 is 62.2 Å². The van der Waals surface area contributed by atoms with Gasteiger partial charge < -0.3 is 35.5 Å². The lowest BCUT2D eigenvalue weighted by Gasteiger charge is -2.19. The van der Waals surface area contributed by atoms with Gasteiger partial charge in [0.05, 0.1) is 12.2 Å². The molecule has 0 spiro atoms. The van der Waals surface area contributed by atoms with Crippen molar-refractivity contribution in [2.24, 2.45) is 0 Å². The van der Waals surface area contributed by atoms with Crippen molar-refractivity contribution in [3.63, 3.8) is 0 Å². The molecule has 4 amide bonds. The highest BCUT2D eigenvalue weighted by Gasteiger charge is 2.30. The summed E-state index contributed by atoms with van der Waals surface area (Å²) in [7, 11) is 0. The zero-order chi connectivity index (χ0) is 42.7. The van der Waals surface area contributed by atoms with Crippen molar-refractivity contribution >= 4 is 105 Å². The number of carbonyl (C=O) groups is 10. The SMILES string of the molecule is CCOC(=O)C(CSC(=O)C(CSC(=O)c1ccccc1OC(=O)c1ccccc1OC(=O)C(CSC(=O)C(CS)NC(C)=O)NC(C)=O)NC(C)=O)NC(C)=O. The molecule has 0 aliphatic heterocycles. The maximum absolute atomic E-state index is 13.5. The third-order valence-electron chi connectivity index (χ3n) is 6.91. The van der Waals surface area contributed by atoms with Crippen LogP contribution in [0.15, 0.2) is 48.5 Å². The molecular weight excluding hydrogens is 825 g/mol. The average Bonchev–Trinajstić information content (AvgIpc) is 3.15. The Hall–Kier alpha value is -4.86. The first-order valence-corrected chi connectivity index (χ1v) is 20.5. The fourth-order valence-electron chi connectivity index (χ4n) is 4.46. The number of thioether (sulfide) groups is 3. The quantitative estimate of drug-likeness (QED) is 0.0723. The summed E-state index contributed by atoms with van der Waals surface area (Å²) in [5.74, 6) is -6.16. The van der Waals surface area contributed by atoms with Crippen molar-refractivity contribution in [3.8, 4) is 11.5 Å². The normalized spacial score (nSPS) is 12.7. The standard InChI is InChI=1S/C36H42N4O13S4/c1-6-51-32(46)26(38-20(3)42)16-57-36(50)28(40-22(5)44)18-55-34(48)24-12-8-10-14-30(24)52-31(45)23-11-7-9-13-29(23)53-33(47)27(39-21(4)43)17-56-35(49)25(15-54)37-19(2)41/h7-14,25-28,54H,6,15-18H2,1-5H3,(H,37,41)(H,38,42)(H,39,43)(H,40,44). The molecule has 0 aliphatic carbocycles. The van der Waals surface area contributed by atoms with Crippen molar-refractivity contribution in [1.29, 1.82) is 0 Å². The number of esters is 3. The predicted molar refractivity (Wildman–Crippen MR) is 216 cm³/mol. The van der Waals surface area contributed by atoms with E-state index in [-0.39, 0.29) is 52.2 Å². The molecule has 57 heavy (non-hydrogen) atoms. The van der Waals surface area contributed by atoms with E-state index in [0.717, 1.165) is 6.92 Å². The number of thiol groups is 1. The summed E-state index contributed by atoms with van der Waals surface area (Å²) < 4.78 is 16.0. The van der Waals surface area contributed by atoms with Crippen LogP contribution in [0.3, 0.4) is 0 Å². The smallest absolute Gasteiger partial charge is 0.347 e. The molecule has 0 bridgehead atoms. The first kappa shape index (κ1) is 48.3. The molecule has 4 N–H and O–H groups in total. The number of nitrogens with one attached hydrogen (secondary N) is 4. The fourth-order valence-corrected chi connectivity index (χ4v) is 7.61. The number of para-hydroxylation sites is 2. The van der Waals surface area contributed by atoms with Crippen LogP contribution in [0.25, 0.3) is 0 Å². The lowest BCUT2D eigenvalue weighted by molar-refractivity contribution is -0.146. The van der Waals surface area contributed by atoms with Crippen LogP contribution in [-0.4, -0.2) is 111 Å². The first-order valence-electron chi connectivity index (χ1n) is 16.9. The van der Waals surface area contributed by atoms with Crippen LogP contribution in [0.1, 0.15) is 55.3 Å². The molecule has 2 aromatic rings. The van der Waals surface area contributed by atoms with Crippen LogP contribution in [0.4, 0.5) is 0 Å². The molecule has 0 fully saturated rings. The minimum absolute atomic E-state index is 0.0116. The molecule has 2 aromatic carbocycles. The molecular formula is C36H42N4O13S4. The van der Waals surface area contributed by atoms with Gasteiger partial charge in [-0.25, -0.2) is 14.4 Å². The van der Waals surface area contributed by atoms with E-state index in [1.165, 1.54) is 69.3 Å². The molecule has 0 heterocycles. The molecule has 21 heteroatoms. The monoisotopic (exact) mass is 866 g/mol. The Morgan fingerprint density at radius 1 is 0.561 bits per heavy atom. The molecule has 2 rings (SSSR count). The van der Waals surface area contributed by atoms with Crippen molar-refractivity contribution in [3.05, 3.63) is 59.7 Å². The summed E-state index contributed by atoms with van der Waals surface area (Å²) >= 11 is 6.02. The average molecular weight is 867 g/mol. The van der Waals surface area contributed by atoms with E-state index in [1.54, 1.807) is 6.92 Å². The molecule has 4 atom stereocenters. The van der Waals surface area contributed by atoms with Gasteiger partial charge in [0.1, 0.15) is 41.2 Å². The zero-order valence-corrected chi connectivity index (χ0v) is 34.8. The first-order chi connectivity index (χ1) is 27.0. The number of rotatable bonds is 20. The molecule has 308 valence electrons. The summed E-state index contributed by atoms with van der Waals surface area (Å²) in [6, 6.07) is 6.57. The highest BCUT2D eigenvalue weighted by atomic mass is 32.2. The molecule has 0 aromatic heterocycles. The summed E-state index contributed by atoms with van der Waals surface area (Å²) in [4.78, 5) is 125. The van der Waals surface area contributed by atoms with Gasteiger partial charge in [-0.1, -0.05) is 59.6 Å². The lowest BCUT2D eigenvalue weighted by Crippen LogP contribution is -2.45. The molecule has 0 saturated heterocycles. The summed E-state index contributed by atoms with van der Waals surface area (Å²) in [5.41, 5.74) is -0.313. The van der Waals surface area contributed by atoms with E-state index >= 15 is 0 Å². The molecule has 0 radical (unpaired) electrons. The van der Waals surface area contributed by atoms with Crippen LogP contribution < -0.4 is 30.7 Å². The number of amides is 4. The van der Waals surface area contributed by atoms with E-state index in [1.807, 2.05) is 0 Å². The number of ether oxygens (including phenoxy) is 3. The van der Waals surface area contributed by atoms with Crippen molar-refractivity contribution in [2.75, 3.05) is 29.6 Å². The molecule has 4 unspecified atom stereocenters. The van der Waals surface area contributed by atoms with E-state index in [0.29, 0.717) is 35.3 Å². The number of benzene rings is 2. The van der Waals surface area contributed by atoms with Gasteiger partial charge in [0.2, 0.25) is 39.0 Å². The topological polar surface area (TPSA) is 247 Å². The highest BCUT2D eigenvalue weighted by Crippen LogP contribution is 2.27. The van der Waals surface area contributed by atoms with Crippen LogP contribution in [-0.2, 0) is 43.1 Å². The highest BCUT2D eigenvalue weighted by molar-refractivity contribution is 8.15. The molecule has 0 saturated carbocycles. The largest absolute Gasteiger partial charge is 0.464 e. The van der Waals surface area contributed by atoms with Gasteiger partial charge in [-0.3, -0.25) is 33.6 Å². The van der Waals surface area contributed by atoms with E-state index in [2.05, 4.69) is 33.9 Å². The van der Waals surface area contributed by atoms with Crippen LogP contribution in [0.2, 0.25) is 0 Å². The van der Waals surface area contributed by atoms with Gasteiger partial charge in [0.15, 0.2) is 0 Å². The summed E-state index contributed by atoms with van der Waals surface area (Å²) in [5, 5.41) is 7.96.